The Morgan fingerprint density at radius 2 is 0.627 bits per heavy atom. The molecule has 45 heteroatoms. The van der Waals surface area contributed by atoms with Crippen LogP contribution in [0.4, 0.5) is 31.8 Å². The van der Waals surface area contributed by atoms with E-state index in [2.05, 4.69) is 76.8 Å². The molecule has 12 unspecified atom stereocenters. The summed E-state index contributed by atoms with van der Waals surface area (Å²) >= 11 is 0. The van der Waals surface area contributed by atoms with Gasteiger partial charge >= 0.3 is 53.9 Å². The second-order valence-electron chi connectivity index (χ2n) is 30.4. The molecule has 0 saturated carbocycles. The number of carboxylic acids is 6. The fourth-order valence-corrected chi connectivity index (χ4v) is 16.1. The monoisotopic (exact) mass is 1840 g/mol. The number of hydrogen-bond acceptors (Lipinski definition) is 30. The highest BCUT2D eigenvalue weighted by molar-refractivity contribution is 6.00. The van der Waals surface area contributed by atoms with Crippen LogP contribution in [-0.2, 0) is 76.7 Å². The van der Waals surface area contributed by atoms with Gasteiger partial charge in [-0.25, -0.2) is 88.0 Å². The van der Waals surface area contributed by atoms with Gasteiger partial charge in [0.15, 0.2) is 88.5 Å². The van der Waals surface area contributed by atoms with Crippen LogP contribution < -0.4 is 31.9 Å². The van der Waals surface area contributed by atoms with Crippen LogP contribution in [0.1, 0.15) is 148 Å². The number of aromatic carboxylic acids is 6. The Bertz CT molecular complexity index is 6030. The minimum absolute atomic E-state index is 0.0327. The zero-order valence-corrected chi connectivity index (χ0v) is 71.1. The quantitative estimate of drug-likeness (QED) is 0.0192. The van der Waals surface area contributed by atoms with Gasteiger partial charge in [-0.15, -0.1) is 0 Å². The van der Waals surface area contributed by atoms with Crippen molar-refractivity contribution in [3.63, 3.8) is 0 Å². The van der Waals surface area contributed by atoms with E-state index in [1.807, 2.05) is 97.1 Å². The van der Waals surface area contributed by atoms with Gasteiger partial charge in [-0.3, -0.25) is 29.7 Å². The van der Waals surface area contributed by atoms with Crippen molar-refractivity contribution in [3.05, 3.63) is 256 Å². The molecule has 12 aromatic rings. The average molecular weight is 1840 g/mol. The van der Waals surface area contributed by atoms with Crippen molar-refractivity contribution < 1.29 is 131 Å². The summed E-state index contributed by atoms with van der Waals surface area (Å²) < 4.78 is 79.6. The van der Waals surface area contributed by atoms with Crippen LogP contribution in [0.25, 0.3) is 39.6 Å². The number of hydrogen-bond donors (Lipinski definition) is 12. The number of ether oxygens (including phenoxy) is 12. The van der Waals surface area contributed by atoms with Crippen molar-refractivity contribution >= 4 is 111 Å². The molecule has 6 aromatic heterocycles. The number of nitrogens with zero attached hydrogens (tertiary/aromatic N) is 12. The largest absolute Gasteiger partial charge is 0.478 e. The highest BCUT2D eigenvalue weighted by atomic mass is 16.8. The van der Waals surface area contributed by atoms with Crippen molar-refractivity contribution in [1.82, 2.24) is 74.5 Å². The number of urea groups is 3. The van der Waals surface area contributed by atoms with Gasteiger partial charge in [0.1, 0.15) is 73.9 Å². The second-order valence-corrected chi connectivity index (χ2v) is 30.4. The van der Waals surface area contributed by atoms with Gasteiger partial charge in [-0.1, -0.05) is 115 Å². The number of imidazole rings is 3. The number of carbonyl (C=O) groups excluding carboxylic acids is 3. The average Bonchev–Trinajstić information content (AvgIpc) is 1.60. The van der Waals surface area contributed by atoms with E-state index in [4.69, 9.17) is 56.8 Å². The molecule has 12 N–H and O–H groups in total. The smallest absolute Gasteiger partial charge is 0.336 e. The minimum atomic E-state index is -1.27. The van der Waals surface area contributed by atoms with Crippen LogP contribution in [0, 0.1) is 0 Å². The summed E-state index contributed by atoms with van der Waals surface area (Å²) in [4.78, 5) is 146. The normalized spacial score (nSPS) is 22.4. The first-order valence-electron chi connectivity index (χ1n) is 41.9. The van der Waals surface area contributed by atoms with Gasteiger partial charge in [0.2, 0.25) is 0 Å². The summed E-state index contributed by atoms with van der Waals surface area (Å²) in [7, 11) is 0. The van der Waals surface area contributed by atoms with Crippen molar-refractivity contribution in [2.75, 3.05) is 55.4 Å². The molecule has 6 amide bonds. The number of rotatable bonds is 31. The number of anilines is 3. The molecule has 6 saturated heterocycles. The highest BCUT2D eigenvalue weighted by Gasteiger charge is 2.57. The number of fused-ring (bicyclic) bond motifs is 6. The van der Waals surface area contributed by atoms with E-state index < -0.39 is 146 Å². The van der Waals surface area contributed by atoms with Gasteiger partial charge in [-0.2, -0.15) is 0 Å². The molecule has 0 bridgehead atoms. The lowest BCUT2D eigenvalue weighted by Gasteiger charge is -2.21. The molecule has 6 aliphatic heterocycles. The number of carboxylic acid groups (broad SMARTS) is 6. The first-order valence-corrected chi connectivity index (χ1v) is 41.9. The second kappa shape index (κ2) is 41.5. The lowest BCUT2D eigenvalue weighted by molar-refractivity contribution is -0.158. The molecule has 694 valence electrons. The zero-order valence-electron chi connectivity index (χ0n) is 71.1. The van der Waals surface area contributed by atoms with Crippen molar-refractivity contribution in [2.45, 2.75) is 133 Å². The molecule has 15 atom stereocenters. The Labute approximate surface area is 757 Å². The van der Waals surface area contributed by atoms with Crippen molar-refractivity contribution in [2.24, 2.45) is 0 Å². The fraction of sp³-hybridized carbons (Fsp3) is 0.303. The highest BCUT2D eigenvalue weighted by Crippen LogP contribution is 2.48. The molecule has 6 fully saturated rings. The standard InChI is InChI=1S/C31H30N6O9.2C29H28N6O9/c1-2-32-31(42)36-26-23-27(34-15-33-26)37(16-35-23)28-25-24(45-22(46-25)12-11-17-7-4-3-5-8-17)21(44-28)14-43-13-20-18(29(38)39)9-6-10-19(20)30(40)41;2*1-2-30-29(40)34-23-20-24(32-13-31-23)35(14-33-20)25-22-21(43-28(44-22)15-7-4-3-5-8-15)19(42-25)12-41-11-18-16(26(36)37)9-6-10-17(18)27(38)39/h3-12,15-16,21-22,24-25,28H,2,13-14H2,1H3,(H,38,39)(H,40,41)(H2,32,33,34,36,42);2*3-10,13-14,19,21-22,25,28H,2,11-12H2,1H3,(H,36,37)(H,38,39)(H2,30,31,32,34,40)/b12-11+;;/t21?,22-,24?,25?,28?;2*19?,21?,22?,25?,28-/m000/s1. The first-order chi connectivity index (χ1) is 65.0. The number of nitrogens with one attached hydrogen (secondary N) is 6. The zero-order chi connectivity index (χ0) is 93.8. The number of aromatic nitrogens is 12. The maximum absolute atomic E-state index is 12.2. The van der Waals surface area contributed by atoms with E-state index in [-0.39, 0.29) is 107 Å². The molecule has 0 radical (unpaired) electrons. The molecule has 134 heavy (non-hydrogen) atoms. The summed E-state index contributed by atoms with van der Waals surface area (Å²) in [6.07, 6.45) is 1.72. The molecule has 6 aliphatic rings. The topological polar surface area (TPSA) is 589 Å². The molecular formula is C89H86N18O27. The summed E-state index contributed by atoms with van der Waals surface area (Å²) in [5.74, 6) is -6.96. The Hall–Kier alpha value is -15.1. The van der Waals surface area contributed by atoms with Crippen molar-refractivity contribution in [1.29, 1.82) is 0 Å². The van der Waals surface area contributed by atoms with Crippen molar-refractivity contribution in [3.8, 4) is 0 Å². The Morgan fingerprint density at radius 3 is 0.933 bits per heavy atom. The molecule has 45 nitrogen and oxygen atoms in total. The van der Waals surface area contributed by atoms with Crippen LogP contribution in [0.2, 0.25) is 0 Å². The van der Waals surface area contributed by atoms with E-state index >= 15 is 0 Å². The van der Waals surface area contributed by atoms with Crippen LogP contribution in [0.3, 0.4) is 0 Å². The number of carbonyl (C=O) groups is 9. The molecule has 12 heterocycles. The Morgan fingerprint density at radius 1 is 0.343 bits per heavy atom. The van der Waals surface area contributed by atoms with Gasteiger partial charge in [0.25, 0.3) is 0 Å². The lowest BCUT2D eigenvalue weighted by Crippen LogP contribution is -2.32. The third-order valence-electron chi connectivity index (χ3n) is 22.1. The molecule has 0 spiro atoms. The van der Waals surface area contributed by atoms with E-state index in [0.717, 1.165) is 16.7 Å². The summed E-state index contributed by atoms with van der Waals surface area (Å²) in [6, 6.07) is 39.1. The summed E-state index contributed by atoms with van der Waals surface area (Å²) in [5.41, 5.74) is 3.79. The van der Waals surface area contributed by atoms with Crippen LogP contribution >= 0.6 is 0 Å². The number of amides is 6. The predicted molar refractivity (Wildman–Crippen MR) is 463 cm³/mol. The van der Waals surface area contributed by atoms with E-state index in [0.29, 0.717) is 53.1 Å². The van der Waals surface area contributed by atoms with E-state index in [9.17, 15) is 73.8 Å². The fourth-order valence-electron chi connectivity index (χ4n) is 16.1. The first kappa shape index (κ1) is 92.1. The number of benzene rings is 6. The molecule has 18 rings (SSSR count). The molecule has 6 aromatic carbocycles. The van der Waals surface area contributed by atoms with Gasteiger partial charge in [0, 0.05) is 47.5 Å². The van der Waals surface area contributed by atoms with E-state index in [1.54, 1.807) is 40.5 Å². The van der Waals surface area contributed by atoms with Crippen LogP contribution in [0.5, 0.6) is 0 Å². The predicted octanol–water partition coefficient (Wildman–Crippen LogP) is 9.22. The SMILES string of the molecule is CCNC(=O)Nc1ncnc2c1ncn2C1OC(COCc2c(C(=O)O)cccc2C(=O)O)C2O[C@H](/C=C/c3ccccc3)OC21.CCNC(=O)Nc1ncnc2c1ncn2C1OC(COCc2c(C(=O)O)cccc2C(=O)O)C2O[C@H](c3ccccc3)OC21.CCNC(=O)Nc1ncnc2c1ncn2C1OC(COCc2c(C(=O)O)cccc2C(=O)O)C2O[C@H](c3ccccc3)OC21. The Balaban J connectivity index is 0.000000146. The van der Waals surface area contributed by atoms with E-state index in [1.165, 1.54) is 92.6 Å². The third-order valence-corrected chi connectivity index (χ3v) is 22.1. The van der Waals surface area contributed by atoms with Crippen LogP contribution in [-0.4, -0.2) is 244 Å². The van der Waals surface area contributed by atoms with Gasteiger partial charge < -0.3 is 103 Å². The molecule has 0 aliphatic carbocycles. The Kier molecular flexibility index (Phi) is 28.6. The third kappa shape index (κ3) is 20.0. The lowest BCUT2D eigenvalue weighted by atomic mass is 10.0. The maximum atomic E-state index is 12.2. The van der Waals surface area contributed by atoms with Crippen LogP contribution in [0.15, 0.2) is 190 Å². The van der Waals surface area contributed by atoms with Gasteiger partial charge in [-0.05, 0) is 68.8 Å². The minimum Gasteiger partial charge on any atom is -0.478 e. The molecular weight excluding hydrogens is 1750 g/mol. The maximum Gasteiger partial charge on any atom is 0.336 e. The summed E-state index contributed by atoms with van der Waals surface area (Å²) in [6.45, 7) is 5.58. The summed E-state index contributed by atoms with van der Waals surface area (Å²) in [5, 5.41) is 73.6. The van der Waals surface area contributed by atoms with Gasteiger partial charge in [0.05, 0.1) is 92.0 Å².